The maximum absolute atomic E-state index is 14.5. The quantitative estimate of drug-likeness (QED) is 0.313. The van der Waals surface area contributed by atoms with Crippen molar-refractivity contribution in [2.45, 2.75) is 32.3 Å². The van der Waals surface area contributed by atoms with E-state index in [1.807, 2.05) is 36.4 Å². The van der Waals surface area contributed by atoms with Crippen molar-refractivity contribution < 1.29 is 38.6 Å². The summed E-state index contributed by atoms with van der Waals surface area (Å²) in [7, 11) is 1.10. The second kappa shape index (κ2) is 11.0. The Bertz CT molecular complexity index is 1800. The number of allylic oxidation sites excluding steroid dienone is 2. The number of likely N-dealkylation sites (tertiary alicyclic amines) is 1. The number of hydrogen-bond acceptors (Lipinski definition) is 8. The lowest BCUT2D eigenvalue weighted by Gasteiger charge is -2.49. The van der Waals surface area contributed by atoms with Gasteiger partial charge in [0, 0.05) is 17.5 Å². The van der Waals surface area contributed by atoms with Crippen LogP contribution in [0.4, 0.5) is 10.5 Å². The van der Waals surface area contributed by atoms with E-state index in [2.05, 4.69) is 0 Å². The Morgan fingerprint density at radius 2 is 1.61 bits per heavy atom. The van der Waals surface area contributed by atoms with Gasteiger partial charge in [-0.25, -0.2) is 9.69 Å². The lowest BCUT2D eigenvalue weighted by atomic mass is 9.51. The minimum absolute atomic E-state index is 0.123. The fourth-order valence-corrected chi connectivity index (χ4v) is 8.05. The number of rotatable bonds is 5. The molecule has 6 unspecified atom stereocenters. The normalized spacial score (nSPS) is 28.4. The molecule has 5 amide bonds. The van der Waals surface area contributed by atoms with Gasteiger partial charge in [0.25, 0.3) is 0 Å². The Morgan fingerprint density at radius 1 is 0.913 bits per heavy atom. The van der Waals surface area contributed by atoms with Crippen molar-refractivity contribution in [1.29, 1.82) is 0 Å². The highest BCUT2D eigenvalue weighted by molar-refractivity contribution is 6.24. The number of imide groups is 4. The molecule has 2 saturated heterocycles. The molecule has 2 heterocycles. The van der Waals surface area contributed by atoms with Gasteiger partial charge >= 0.3 is 6.09 Å². The molecule has 1 N–H and O–H groups in total. The Kier molecular flexibility index (Phi) is 7.03. The molecule has 10 nitrogen and oxygen atoms in total. The number of nitrogens with zero attached hydrogens (tertiary/aromatic N) is 2. The van der Waals surface area contributed by atoms with E-state index in [1.54, 1.807) is 49.4 Å². The van der Waals surface area contributed by atoms with E-state index in [9.17, 15) is 29.1 Å². The first-order chi connectivity index (χ1) is 22.2. The van der Waals surface area contributed by atoms with Crippen LogP contribution in [-0.4, -0.2) is 46.8 Å². The van der Waals surface area contributed by atoms with Gasteiger partial charge in [-0.2, -0.15) is 4.90 Å². The van der Waals surface area contributed by atoms with Gasteiger partial charge in [-0.05, 0) is 49.4 Å². The van der Waals surface area contributed by atoms with Crippen LogP contribution in [0.2, 0.25) is 0 Å². The molecule has 0 radical (unpaired) electrons. The third-order valence-corrected chi connectivity index (χ3v) is 10.2. The van der Waals surface area contributed by atoms with Crippen molar-refractivity contribution >= 4 is 35.4 Å². The summed E-state index contributed by atoms with van der Waals surface area (Å²) in [5, 5.41) is 11.5. The number of methoxy groups -OCH3 is 1. The molecular weight excluding hydrogens is 588 g/mol. The standard InChI is InChI=1S/C36H32N2O8/c1-36-27(32(41)37(34(36)43)21-11-7-4-8-12-21)18-26-23(15-16-25-29(26)33(42)38(31(25)40)35(44)45-2)30(36)24-14-13-22(17-28(24)39)46-19-20-9-5-3-6-10-20/h3-15,17,25-27,29-30,39H,16,18-19H2,1-2H3. The number of amides is 5. The van der Waals surface area contributed by atoms with E-state index in [4.69, 9.17) is 9.47 Å². The molecule has 2 aliphatic heterocycles. The van der Waals surface area contributed by atoms with Gasteiger partial charge in [0.1, 0.15) is 18.1 Å². The van der Waals surface area contributed by atoms with Gasteiger partial charge in [0.05, 0.1) is 36.0 Å². The summed E-state index contributed by atoms with van der Waals surface area (Å²) in [6, 6.07) is 23.2. The Labute approximate surface area is 265 Å². The van der Waals surface area contributed by atoms with Gasteiger partial charge in [-0.3, -0.25) is 19.2 Å². The zero-order valence-corrected chi connectivity index (χ0v) is 25.3. The predicted octanol–water partition coefficient (Wildman–Crippen LogP) is 4.97. The van der Waals surface area contributed by atoms with E-state index in [0.29, 0.717) is 27.5 Å². The molecule has 0 spiro atoms. The Hall–Kier alpha value is -5.25. The largest absolute Gasteiger partial charge is 0.508 e. The molecule has 46 heavy (non-hydrogen) atoms. The zero-order chi connectivity index (χ0) is 32.3. The van der Waals surface area contributed by atoms with Crippen LogP contribution in [0.25, 0.3) is 0 Å². The number of carbonyl (C=O) groups is 5. The van der Waals surface area contributed by atoms with Crippen molar-refractivity contribution in [2.75, 3.05) is 12.0 Å². The number of hydrogen-bond donors (Lipinski definition) is 1. The van der Waals surface area contributed by atoms with E-state index < -0.39 is 64.7 Å². The summed E-state index contributed by atoms with van der Waals surface area (Å²) < 4.78 is 10.7. The number of aromatic hydroxyl groups is 1. The SMILES string of the molecule is COC(=O)N1C(=O)C2CC=C3C(CC4C(=O)N(c5ccccc5)C(=O)C4(C)C3c3ccc(OCc4ccccc4)cc3O)C2C1=O. The van der Waals surface area contributed by atoms with Crippen molar-refractivity contribution in [3.05, 3.63) is 102 Å². The minimum Gasteiger partial charge on any atom is -0.508 e. The summed E-state index contributed by atoms with van der Waals surface area (Å²) in [6.07, 6.45) is 1.09. The zero-order valence-electron chi connectivity index (χ0n) is 25.3. The number of fused-ring (bicyclic) bond motifs is 4. The number of phenols is 1. The Balaban J connectivity index is 1.32. The summed E-state index contributed by atoms with van der Waals surface area (Å²) >= 11 is 0. The summed E-state index contributed by atoms with van der Waals surface area (Å²) in [5.41, 5.74) is 1.16. The molecule has 4 aliphatic rings. The molecule has 3 aromatic carbocycles. The van der Waals surface area contributed by atoms with Crippen LogP contribution in [0.5, 0.6) is 11.5 Å². The van der Waals surface area contributed by atoms with E-state index in [0.717, 1.165) is 12.7 Å². The van der Waals surface area contributed by atoms with Crippen molar-refractivity contribution in [1.82, 2.24) is 4.90 Å². The highest BCUT2D eigenvalue weighted by Gasteiger charge is 2.68. The topological polar surface area (TPSA) is 131 Å². The molecule has 7 rings (SSSR count). The van der Waals surface area contributed by atoms with Gasteiger partial charge in [0.2, 0.25) is 23.6 Å². The van der Waals surface area contributed by atoms with Crippen molar-refractivity contribution in [2.24, 2.45) is 29.1 Å². The summed E-state index contributed by atoms with van der Waals surface area (Å²) in [5.74, 6) is -5.85. The molecular formula is C36H32N2O8. The third-order valence-electron chi connectivity index (χ3n) is 10.2. The number of ether oxygens (including phenoxy) is 2. The molecule has 1 saturated carbocycles. The maximum Gasteiger partial charge on any atom is 0.423 e. The van der Waals surface area contributed by atoms with Crippen LogP contribution in [0.15, 0.2) is 90.5 Å². The first kappa shape index (κ1) is 29.5. The lowest BCUT2D eigenvalue weighted by Crippen LogP contribution is -2.49. The third kappa shape index (κ3) is 4.27. The van der Waals surface area contributed by atoms with Crippen LogP contribution < -0.4 is 9.64 Å². The molecule has 6 atom stereocenters. The molecule has 0 bridgehead atoms. The number of carbonyl (C=O) groups excluding carboxylic acids is 5. The van der Waals surface area contributed by atoms with Gasteiger partial charge in [-0.1, -0.05) is 66.2 Å². The molecule has 10 heteroatoms. The number of anilines is 1. The number of phenolic OH excluding ortho intramolecular Hbond substituents is 1. The van der Waals surface area contributed by atoms with Gasteiger partial charge < -0.3 is 14.6 Å². The average Bonchev–Trinajstić information content (AvgIpc) is 3.44. The molecule has 2 aliphatic carbocycles. The average molecular weight is 621 g/mol. The van der Waals surface area contributed by atoms with Crippen LogP contribution in [0.1, 0.15) is 36.8 Å². The van der Waals surface area contributed by atoms with Crippen molar-refractivity contribution in [3.8, 4) is 11.5 Å². The molecule has 3 fully saturated rings. The first-order valence-electron chi connectivity index (χ1n) is 15.3. The van der Waals surface area contributed by atoms with E-state index in [-0.39, 0.29) is 25.2 Å². The van der Waals surface area contributed by atoms with Crippen LogP contribution in [0.3, 0.4) is 0 Å². The summed E-state index contributed by atoms with van der Waals surface area (Å²) in [6.45, 7) is 2.03. The first-order valence-corrected chi connectivity index (χ1v) is 15.3. The molecule has 234 valence electrons. The van der Waals surface area contributed by atoms with Crippen LogP contribution in [-0.2, 0) is 30.5 Å². The molecule has 3 aromatic rings. The Morgan fingerprint density at radius 3 is 2.28 bits per heavy atom. The number of benzene rings is 3. The fraction of sp³-hybridized carbons (Fsp3) is 0.306. The summed E-state index contributed by atoms with van der Waals surface area (Å²) in [4.78, 5) is 69.9. The smallest absolute Gasteiger partial charge is 0.423 e. The van der Waals surface area contributed by atoms with Crippen LogP contribution in [0, 0.1) is 29.1 Å². The highest BCUT2D eigenvalue weighted by atomic mass is 16.5. The predicted molar refractivity (Wildman–Crippen MR) is 164 cm³/mol. The van der Waals surface area contributed by atoms with Crippen molar-refractivity contribution in [3.63, 3.8) is 0 Å². The monoisotopic (exact) mass is 620 g/mol. The van der Waals surface area contributed by atoms with E-state index >= 15 is 0 Å². The van der Waals surface area contributed by atoms with Gasteiger partial charge in [-0.15, -0.1) is 0 Å². The minimum atomic E-state index is -1.32. The second-order valence-electron chi connectivity index (χ2n) is 12.5. The highest BCUT2D eigenvalue weighted by Crippen LogP contribution is 2.64. The maximum atomic E-state index is 14.5. The second-order valence-corrected chi connectivity index (χ2v) is 12.5. The van der Waals surface area contributed by atoms with Crippen LogP contribution >= 0.6 is 0 Å². The van der Waals surface area contributed by atoms with E-state index in [1.165, 1.54) is 11.0 Å². The lowest BCUT2D eigenvalue weighted by molar-refractivity contribution is -0.138. The fourth-order valence-electron chi connectivity index (χ4n) is 8.05. The van der Waals surface area contributed by atoms with Gasteiger partial charge in [0.15, 0.2) is 0 Å². The molecule has 0 aromatic heterocycles. The number of para-hydroxylation sites is 1.